The van der Waals surface area contributed by atoms with E-state index in [1.807, 2.05) is 25.1 Å². The Morgan fingerprint density at radius 1 is 1.24 bits per heavy atom. The first-order valence-corrected chi connectivity index (χ1v) is 5.67. The molecule has 0 aliphatic carbocycles. The summed E-state index contributed by atoms with van der Waals surface area (Å²) >= 11 is 0. The Morgan fingerprint density at radius 2 is 1.76 bits per heavy atom. The maximum Gasteiger partial charge on any atom is 0.115 e. The van der Waals surface area contributed by atoms with E-state index in [1.54, 1.807) is 12.1 Å². The summed E-state index contributed by atoms with van der Waals surface area (Å²) in [5, 5.41) is 9.25. The van der Waals surface area contributed by atoms with E-state index < -0.39 is 0 Å². The fraction of sp³-hybridized carbons (Fsp3) is 0.250. The number of phenolic OH excluding ortho intramolecular Hbond substituents is 1. The first-order valence-electron chi connectivity index (χ1n) is 5.67. The molecule has 0 aliphatic heterocycles. The van der Waals surface area contributed by atoms with Gasteiger partial charge in [0.15, 0.2) is 0 Å². The highest BCUT2D eigenvalue weighted by Gasteiger charge is 2.19. The molecule has 0 atom stereocenters. The van der Waals surface area contributed by atoms with E-state index in [0.717, 1.165) is 16.7 Å². The molecule has 0 saturated carbocycles. The topological polar surface area (TPSA) is 20.2 Å². The van der Waals surface area contributed by atoms with Crippen LogP contribution >= 0.6 is 0 Å². The lowest BCUT2D eigenvalue weighted by Crippen LogP contribution is -2.11. The molecular formula is C16H20O. The van der Waals surface area contributed by atoms with Crippen LogP contribution in [0.5, 0.6) is 5.75 Å². The summed E-state index contributed by atoms with van der Waals surface area (Å²) in [6, 6.07) is 7.14. The Kier molecular flexibility index (Phi) is 3.95. The molecule has 0 bridgehead atoms. The predicted molar refractivity (Wildman–Crippen MR) is 74.9 cm³/mol. The van der Waals surface area contributed by atoms with Crippen LogP contribution in [0.2, 0.25) is 0 Å². The average molecular weight is 228 g/mol. The van der Waals surface area contributed by atoms with Crippen LogP contribution < -0.4 is 0 Å². The minimum absolute atomic E-state index is 0.107. The zero-order valence-electron chi connectivity index (χ0n) is 10.8. The van der Waals surface area contributed by atoms with Crippen LogP contribution in [-0.2, 0) is 0 Å². The van der Waals surface area contributed by atoms with Gasteiger partial charge in [0.1, 0.15) is 5.75 Å². The van der Waals surface area contributed by atoms with Crippen molar-refractivity contribution in [1.82, 2.24) is 0 Å². The van der Waals surface area contributed by atoms with Gasteiger partial charge in [-0.15, -0.1) is 6.58 Å². The summed E-state index contributed by atoms with van der Waals surface area (Å²) in [6.45, 7) is 14.1. The maximum atomic E-state index is 9.25. The van der Waals surface area contributed by atoms with E-state index in [9.17, 15) is 5.11 Å². The van der Waals surface area contributed by atoms with E-state index in [0.29, 0.717) is 0 Å². The average Bonchev–Trinajstić information content (AvgIpc) is 2.27. The molecular weight excluding hydrogens is 208 g/mol. The second-order valence-electron chi connectivity index (χ2n) is 4.86. The van der Waals surface area contributed by atoms with Gasteiger partial charge in [-0.2, -0.15) is 0 Å². The van der Waals surface area contributed by atoms with Crippen molar-refractivity contribution < 1.29 is 5.11 Å². The van der Waals surface area contributed by atoms with Crippen molar-refractivity contribution >= 4 is 6.08 Å². The number of aromatic hydroxyl groups is 1. The molecule has 1 heteroatoms. The minimum atomic E-state index is -0.107. The van der Waals surface area contributed by atoms with Gasteiger partial charge in [0, 0.05) is 5.41 Å². The SMILES string of the molecule is C=CC(C)(C)C(=Cc1ccc(O)cc1)C(=C)C. The van der Waals surface area contributed by atoms with Crippen molar-refractivity contribution in [3.63, 3.8) is 0 Å². The van der Waals surface area contributed by atoms with E-state index in [4.69, 9.17) is 0 Å². The van der Waals surface area contributed by atoms with Crippen molar-refractivity contribution in [2.24, 2.45) is 5.41 Å². The van der Waals surface area contributed by atoms with Crippen molar-refractivity contribution in [3.05, 3.63) is 60.2 Å². The first-order chi connectivity index (χ1) is 7.86. The lowest BCUT2D eigenvalue weighted by atomic mass is 9.80. The summed E-state index contributed by atoms with van der Waals surface area (Å²) in [7, 11) is 0. The van der Waals surface area contributed by atoms with Crippen LogP contribution in [0.3, 0.4) is 0 Å². The van der Waals surface area contributed by atoms with Gasteiger partial charge in [0.2, 0.25) is 0 Å². The molecule has 1 N–H and O–H groups in total. The van der Waals surface area contributed by atoms with Crippen molar-refractivity contribution in [2.45, 2.75) is 20.8 Å². The molecule has 0 amide bonds. The van der Waals surface area contributed by atoms with Gasteiger partial charge in [-0.1, -0.05) is 50.3 Å². The molecule has 0 spiro atoms. The predicted octanol–water partition coefficient (Wildman–Crippen LogP) is 4.56. The van der Waals surface area contributed by atoms with Gasteiger partial charge in [-0.05, 0) is 30.2 Å². The Morgan fingerprint density at radius 3 is 2.18 bits per heavy atom. The van der Waals surface area contributed by atoms with Gasteiger partial charge >= 0.3 is 0 Å². The highest BCUT2D eigenvalue weighted by atomic mass is 16.3. The number of rotatable bonds is 4. The molecule has 0 fully saturated rings. The maximum absolute atomic E-state index is 9.25. The Balaban J connectivity index is 3.20. The Hall–Kier alpha value is -1.76. The van der Waals surface area contributed by atoms with Crippen LogP contribution in [0.4, 0.5) is 0 Å². The van der Waals surface area contributed by atoms with Gasteiger partial charge in [0.05, 0.1) is 0 Å². The number of benzene rings is 1. The van der Waals surface area contributed by atoms with Gasteiger partial charge in [0.25, 0.3) is 0 Å². The zero-order valence-corrected chi connectivity index (χ0v) is 10.8. The summed E-state index contributed by atoms with van der Waals surface area (Å²) in [4.78, 5) is 0. The lowest BCUT2D eigenvalue weighted by Gasteiger charge is -2.24. The van der Waals surface area contributed by atoms with E-state index in [-0.39, 0.29) is 11.2 Å². The van der Waals surface area contributed by atoms with Gasteiger partial charge < -0.3 is 5.11 Å². The van der Waals surface area contributed by atoms with E-state index in [1.165, 1.54) is 0 Å². The highest BCUT2D eigenvalue weighted by molar-refractivity contribution is 5.60. The first kappa shape index (κ1) is 13.3. The third-order valence-electron chi connectivity index (χ3n) is 2.87. The third-order valence-corrected chi connectivity index (χ3v) is 2.87. The minimum Gasteiger partial charge on any atom is -0.508 e. The summed E-state index contributed by atoms with van der Waals surface area (Å²) in [6.07, 6.45) is 4.01. The largest absolute Gasteiger partial charge is 0.508 e. The third kappa shape index (κ3) is 3.35. The summed E-state index contributed by atoms with van der Waals surface area (Å²) in [5.74, 6) is 0.280. The fourth-order valence-electron chi connectivity index (χ4n) is 1.71. The molecule has 90 valence electrons. The van der Waals surface area contributed by atoms with Crippen LogP contribution in [0.15, 0.2) is 54.6 Å². The molecule has 0 radical (unpaired) electrons. The monoisotopic (exact) mass is 228 g/mol. The number of hydrogen-bond acceptors (Lipinski definition) is 1. The number of allylic oxidation sites excluding steroid dienone is 3. The molecule has 0 saturated heterocycles. The van der Waals surface area contributed by atoms with Crippen molar-refractivity contribution in [3.8, 4) is 5.75 Å². The standard InChI is InChI=1S/C16H20O/c1-6-16(4,5)15(12(2)3)11-13-7-9-14(17)10-8-13/h6-11,17H,1-2H2,3-5H3. The molecule has 0 heterocycles. The molecule has 0 aromatic heterocycles. The van der Waals surface area contributed by atoms with Crippen LogP contribution in [0, 0.1) is 5.41 Å². The highest BCUT2D eigenvalue weighted by Crippen LogP contribution is 2.33. The zero-order chi connectivity index (χ0) is 13.1. The molecule has 1 aromatic rings. The molecule has 0 unspecified atom stereocenters. The Labute approximate surface area is 104 Å². The molecule has 17 heavy (non-hydrogen) atoms. The molecule has 1 nitrogen and oxygen atoms in total. The Bertz CT molecular complexity index is 447. The number of phenols is 1. The van der Waals surface area contributed by atoms with Gasteiger partial charge in [-0.25, -0.2) is 0 Å². The second kappa shape index (κ2) is 5.05. The molecule has 0 aliphatic rings. The normalized spacial score (nSPS) is 12.3. The second-order valence-corrected chi connectivity index (χ2v) is 4.86. The van der Waals surface area contributed by atoms with Crippen molar-refractivity contribution in [1.29, 1.82) is 0 Å². The quantitative estimate of drug-likeness (QED) is 0.591. The smallest absolute Gasteiger partial charge is 0.115 e. The van der Waals surface area contributed by atoms with Crippen LogP contribution in [-0.4, -0.2) is 5.11 Å². The summed E-state index contributed by atoms with van der Waals surface area (Å²) < 4.78 is 0. The lowest BCUT2D eigenvalue weighted by molar-refractivity contribution is 0.475. The van der Waals surface area contributed by atoms with Crippen LogP contribution in [0.1, 0.15) is 26.3 Å². The fourth-order valence-corrected chi connectivity index (χ4v) is 1.71. The molecule has 1 rings (SSSR count). The van der Waals surface area contributed by atoms with E-state index in [2.05, 4.69) is 33.1 Å². The van der Waals surface area contributed by atoms with Gasteiger partial charge in [-0.3, -0.25) is 0 Å². The van der Waals surface area contributed by atoms with Crippen LogP contribution in [0.25, 0.3) is 6.08 Å². The van der Waals surface area contributed by atoms with E-state index >= 15 is 0 Å². The summed E-state index contributed by atoms with van der Waals surface area (Å²) in [5.41, 5.74) is 3.13. The number of hydrogen-bond donors (Lipinski definition) is 1. The van der Waals surface area contributed by atoms with Crippen molar-refractivity contribution in [2.75, 3.05) is 0 Å². The molecule has 1 aromatic carbocycles.